The van der Waals surface area contributed by atoms with E-state index in [0.717, 1.165) is 5.56 Å². The van der Waals surface area contributed by atoms with Gasteiger partial charge in [-0.2, -0.15) is 12.6 Å². The Morgan fingerprint density at radius 3 is 2.05 bits per heavy atom. The summed E-state index contributed by atoms with van der Waals surface area (Å²) >= 11 is 3.79. The molecule has 0 radical (unpaired) electrons. The van der Waals surface area contributed by atoms with Crippen LogP contribution in [-0.2, 0) is 35.2 Å². The van der Waals surface area contributed by atoms with Gasteiger partial charge in [-0.05, 0) is 18.9 Å². The number of benzene rings is 1. The standard InChI is InChI=1S/C22H32N6O8S/c1-12(26-20(33)14(23)7-13-5-3-2-4-6-13)19(32)25-8-17(30)24-9-18(31)27-15(10-29)21(34)28-16(11-37)22(35)36/h2-6,12,14-16,29,37H,7-11,23H2,1H3,(H,24,30)(H,25,32)(H,26,33)(H,27,31)(H,28,34)(H,35,36)/t12-,14-,15-,16-/m0/s1. The summed E-state index contributed by atoms with van der Waals surface area (Å²) in [6, 6.07) is 4.46. The smallest absolute Gasteiger partial charge is 0.327 e. The molecule has 0 saturated carbocycles. The van der Waals surface area contributed by atoms with E-state index in [-0.39, 0.29) is 12.2 Å². The van der Waals surface area contributed by atoms with Gasteiger partial charge in [0.05, 0.1) is 25.7 Å². The van der Waals surface area contributed by atoms with Crippen LogP contribution in [-0.4, -0.2) is 95.3 Å². The number of carboxylic acids is 1. The minimum Gasteiger partial charge on any atom is -0.480 e. The van der Waals surface area contributed by atoms with E-state index in [9.17, 15) is 33.9 Å². The van der Waals surface area contributed by atoms with Crippen molar-refractivity contribution in [2.75, 3.05) is 25.4 Å². The zero-order valence-electron chi connectivity index (χ0n) is 20.1. The van der Waals surface area contributed by atoms with Crippen LogP contribution in [0, 0.1) is 0 Å². The normalized spacial score (nSPS) is 13.7. The summed E-state index contributed by atoms with van der Waals surface area (Å²) in [7, 11) is 0. The quantitative estimate of drug-likeness (QED) is 0.0994. The van der Waals surface area contributed by atoms with Crippen LogP contribution < -0.4 is 32.3 Å². The van der Waals surface area contributed by atoms with Gasteiger partial charge in [-0.3, -0.25) is 24.0 Å². The van der Waals surface area contributed by atoms with Crippen LogP contribution in [0.4, 0.5) is 0 Å². The average molecular weight is 541 g/mol. The molecule has 4 atom stereocenters. The lowest BCUT2D eigenvalue weighted by Gasteiger charge is -2.19. The van der Waals surface area contributed by atoms with Crippen molar-refractivity contribution in [3.05, 3.63) is 35.9 Å². The van der Waals surface area contributed by atoms with E-state index < -0.39 is 79.4 Å². The lowest BCUT2D eigenvalue weighted by molar-refractivity contribution is -0.141. The summed E-state index contributed by atoms with van der Waals surface area (Å²) in [6.07, 6.45) is 0.277. The van der Waals surface area contributed by atoms with Gasteiger partial charge in [0, 0.05) is 5.75 Å². The van der Waals surface area contributed by atoms with E-state index in [0.29, 0.717) is 0 Å². The maximum atomic E-state index is 12.2. The number of aliphatic hydroxyl groups is 1. The maximum Gasteiger partial charge on any atom is 0.327 e. The van der Waals surface area contributed by atoms with E-state index in [2.05, 4.69) is 39.2 Å². The Labute approximate surface area is 218 Å². The number of carbonyl (C=O) groups excluding carboxylic acids is 5. The van der Waals surface area contributed by atoms with Crippen molar-refractivity contribution >= 4 is 48.1 Å². The molecule has 5 amide bonds. The number of thiol groups is 1. The number of aliphatic hydroxyl groups excluding tert-OH is 1. The summed E-state index contributed by atoms with van der Waals surface area (Å²) in [5.74, 6) is -5.29. The van der Waals surface area contributed by atoms with E-state index in [1.807, 2.05) is 30.3 Å². The zero-order valence-corrected chi connectivity index (χ0v) is 21.0. The number of nitrogens with one attached hydrogen (secondary N) is 5. The predicted molar refractivity (Wildman–Crippen MR) is 134 cm³/mol. The SMILES string of the molecule is C[C@H](NC(=O)[C@@H](N)Cc1ccccc1)C(=O)NCC(=O)NCC(=O)N[C@@H](CO)C(=O)N[C@@H](CS)C(=O)O. The second kappa shape index (κ2) is 16.1. The average Bonchev–Trinajstić information content (AvgIpc) is 2.87. The van der Waals surface area contributed by atoms with Crippen LogP contribution >= 0.6 is 12.6 Å². The van der Waals surface area contributed by atoms with Gasteiger partial charge in [-0.15, -0.1) is 0 Å². The molecule has 0 aliphatic carbocycles. The van der Waals surface area contributed by atoms with Gasteiger partial charge in [0.2, 0.25) is 29.5 Å². The zero-order chi connectivity index (χ0) is 28.0. The highest BCUT2D eigenvalue weighted by atomic mass is 32.1. The van der Waals surface area contributed by atoms with Crippen LogP contribution in [0.15, 0.2) is 30.3 Å². The first kappa shape index (κ1) is 31.3. The fourth-order valence-electron chi connectivity index (χ4n) is 2.81. The third-order valence-corrected chi connectivity index (χ3v) is 5.25. The molecule has 15 heteroatoms. The van der Waals surface area contributed by atoms with Crippen molar-refractivity contribution in [3.8, 4) is 0 Å². The highest BCUT2D eigenvalue weighted by molar-refractivity contribution is 7.80. The molecule has 0 spiro atoms. The number of amides is 5. The van der Waals surface area contributed by atoms with Crippen LogP contribution in [0.25, 0.3) is 0 Å². The third kappa shape index (κ3) is 11.7. The van der Waals surface area contributed by atoms with Crippen molar-refractivity contribution in [1.82, 2.24) is 26.6 Å². The van der Waals surface area contributed by atoms with E-state index in [4.69, 9.17) is 10.8 Å². The van der Waals surface area contributed by atoms with Crippen molar-refractivity contribution in [2.24, 2.45) is 5.73 Å². The molecule has 1 aromatic carbocycles. The molecule has 0 fully saturated rings. The van der Waals surface area contributed by atoms with E-state index in [1.165, 1.54) is 6.92 Å². The van der Waals surface area contributed by atoms with Gasteiger partial charge in [0.15, 0.2) is 0 Å². The maximum absolute atomic E-state index is 12.2. The lowest BCUT2D eigenvalue weighted by atomic mass is 10.1. The number of aliphatic carboxylic acids is 1. The molecule has 37 heavy (non-hydrogen) atoms. The van der Waals surface area contributed by atoms with Gasteiger partial charge in [0.25, 0.3) is 0 Å². The molecule has 0 heterocycles. The molecule has 204 valence electrons. The Morgan fingerprint density at radius 2 is 1.49 bits per heavy atom. The fourth-order valence-corrected chi connectivity index (χ4v) is 3.05. The lowest BCUT2D eigenvalue weighted by Crippen LogP contribution is -2.55. The first-order chi connectivity index (χ1) is 17.5. The molecule has 0 saturated heterocycles. The van der Waals surface area contributed by atoms with Crippen LogP contribution in [0.5, 0.6) is 0 Å². The molecule has 9 N–H and O–H groups in total. The number of carboxylic acid groups (broad SMARTS) is 1. The summed E-state index contributed by atoms with van der Waals surface area (Å²) in [4.78, 5) is 71.3. The minimum absolute atomic E-state index is 0.211. The molecule has 0 unspecified atom stereocenters. The Balaban J connectivity index is 2.39. The van der Waals surface area contributed by atoms with Gasteiger partial charge in [-0.25, -0.2) is 4.79 Å². The summed E-state index contributed by atoms with van der Waals surface area (Å²) < 4.78 is 0. The molecular formula is C22H32N6O8S. The van der Waals surface area contributed by atoms with Crippen molar-refractivity contribution in [3.63, 3.8) is 0 Å². The number of rotatable bonds is 15. The number of hydrogen-bond donors (Lipinski definition) is 9. The van der Waals surface area contributed by atoms with E-state index in [1.54, 1.807) is 0 Å². The van der Waals surface area contributed by atoms with Crippen LogP contribution in [0.3, 0.4) is 0 Å². The number of nitrogens with two attached hydrogens (primary N) is 1. The monoisotopic (exact) mass is 540 g/mol. The second-order valence-corrected chi connectivity index (χ2v) is 8.27. The Morgan fingerprint density at radius 1 is 0.865 bits per heavy atom. The van der Waals surface area contributed by atoms with Crippen molar-refractivity contribution in [2.45, 2.75) is 37.5 Å². The van der Waals surface area contributed by atoms with Gasteiger partial charge in [0.1, 0.15) is 18.1 Å². The number of carbonyl (C=O) groups is 6. The number of hydrogen-bond acceptors (Lipinski definition) is 9. The Hall–Kier alpha value is -3.69. The Kier molecular flexibility index (Phi) is 13.7. The molecule has 1 rings (SSSR count). The topological polar surface area (TPSA) is 229 Å². The van der Waals surface area contributed by atoms with Crippen molar-refractivity contribution < 1.29 is 39.0 Å². The fraction of sp³-hybridized carbons (Fsp3) is 0.455. The van der Waals surface area contributed by atoms with Crippen LogP contribution in [0.2, 0.25) is 0 Å². The molecule has 0 bridgehead atoms. The summed E-state index contributed by atoms with van der Waals surface area (Å²) in [5.41, 5.74) is 6.74. The van der Waals surface area contributed by atoms with Gasteiger partial charge >= 0.3 is 5.97 Å². The predicted octanol–water partition coefficient (Wildman–Crippen LogP) is -3.73. The van der Waals surface area contributed by atoms with E-state index >= 15 is 0 Å². The third-order valence-electron chi connectivity index (χ3n) is 4.89. The first-order valence-electron chi connectivity index (χ1n) is 11.2. The molecule has 0 aliphatic rings. The summed E-state index contributed by atoms with van der Waals surface area (Å²) in [5, 5.41) is 29.4. The molecule has 0 aromatic heterocycles. The van der Waals surface area contributed by atoms with Crippen molar-refractivity contribution in [1.29, 1.82) is 0 Å². The molecule has 14 nitrogen and oxygen atoms in total. The highest BCUT2D eigenvalue weighted by Crippen LogP contribution is 2.02. The van der Waals surface area contributed by atoms with Crippen LogP contribution in [0.1, 0.15) is 12.5 Å². The largest absolute Gasteiger partial charge is 0.480 e. The molecule has 0 aliphatic heterocycles. The summed E-state index contributed by atoms with van der Waals surface area (Å²) in [6.45, 7) is -0.502. The molecular weight excluding hydrogens is 508 g/mol. The minimum atomic E-state index is -1.46. The van der Waals surface area contributed by atoms with Gasteiger partial charge in [-0.1, -0.05) is 30.3 Å². The highest BCUT2D eigenvalue weighted by Gasteiger charge is 2.25. The second-order valence-electron chi connectivity index (χ2n) is 7.91. The first-order valence-corrected chi connectivity index (χ1v) is 11.8. The Bertz CT molecular complexity index is 964. The molecule has 1 aromatic rings. The van der Waals surface area contributed by atoms with Gasteiger partial charge < -0.3 is 42.5 Å².